The maximum Gasteiger partial charge on any atom is 0.255 e. The summed E-state index contributed by atoms with van der Waals surface area (Å²) in [6.45, 7) is 0.509. The lowest BCUT2D eigenvalue weighted by Gasteiger charge is -2.06. The van der Waals surface area contributed by atoms with Crippen molar-refractivity contribution in [2.45, 2.75) is 6.42 Å². The number of para-hydroxylation sites is 1. The molecule has 0 spiro atoms. The number of nitrogens with zero attached hydrogens (tertiary/aromatic N) is 1. The molecule has 0 saturated carbocycles. The van der Waals surface area contributed by atoms with Gasteiger partial charge < -0.3 is 10.3 Å². The second-order valence-corrected chi connectivity index (χ2v) is 6.03. The van der Waals surface area contributed by atoms with E-state index < -0.39 is 0 Å². The molecule has 0 unspecified atom stereocenters. The van der Waals surface area contributed by atoms with Gasteiger partial charge in [-0.2, -0.15) is 5.10 Å². The zero-order valence-electron chi connectivity index (χ0n) is 13.9. The molecule has 26 heavy (non-hydrogen) atoms. The van der Waals surface area contributed by atoms with Gasteiger partial charge in [-0.1, -0.05) is 18.2 Å². The van der Waals surface area contributed by atoms with Crippen LogP contribution < -0.4 is 5.32 Å². The van der Waals surface area contributed by atoms with Crippen LogP contribution in [0.1, 0.15) is 15.9 Å². The molecule has 2 aromatic heterocycles. The molecule has 6 heteroatoms. The van der Waals surface area contributed by atoms with Crippen LogP contribution in [0.15, 0.2) is 60.9 Å². The highest BCUT2D eigenvalue weighted by Gasteiger charge is 2.15. The summed E-state index contributed by atoms with van der Waals surface area (Å²) in [7, 11) is 0. The number of H-pyrrole nitrogens is 2. The Hall–Kier alpha value is -3.41. The summed E-state index contributed by atoms with van der Waals surface area (Å²) < 4.78 is 13.1. The number of carbonyl (C=O) groups excluding carboxylic acids is 1. The highest BCUT2D eigenvalue weighted by atomic mass is 19.1. The minimum atomic E-state index is -0.321. The first-order valence-corrected chi connectivity index (χ1v) is 8.35. The normalized spacial score (nSPS) is 11.0. The molecular weight excluding hydrogens is 331 g/mol. The Labute approximate surface area is 149 Å². The molecule has 3 N–H and O–H groups in total. The van der Waals surface area contributed by atoms with Gasteiger partial charge in [-0.05, 0) is 42.3 Å². The number of hydrogen-bond donors (Lipinski definition) is 3. The number of amides is 1. The first-order valence-electron chi connectivity index (χ1n) is 8.35. The summed E-state index contributed by atoms with van der Waals surface area (Å²) in [5.41, 5.74) is 3.98. The number of halogens is 1. The average Bonchev–Trinajstić information content (AvgIpc) is 3.30. The van der Waals surface area contributed by atoms with Crippen LogP contribution in [0.4, 0.5) is 4.39 Å². The molecule has 0 fully saturated rings. The lowest BCUT2D eigenvalue weighted by Crippen LogP contribution is -2.25. The molecule has 0 saturated heterocycles. The van der Waals surface area contributed by atoms with Crippen LogP contribution in [0, 0.1) is 5.82 Å². The Morgan fingerprint density at radius 3 is 2.77 bits per heavy atom. The number of hydrogen-bond acceptors (Lipinski definition) is 2. The number of aromatic amines is 2. The summed E-state index contributed by atoms with van der Waals surface area (Å²) >= 11 is 0. The lowest BCUT2D eigenvalue weighted by molar-refractivity contribution is 0.0955. The molecule has 0 bridgehead atoms. The maximum absolute atomic E-state index is 13.1. The number of rotatable bonds is 5. The monoisotopic (exact) mass is 348 g/mol. The first-order chi connectivity index (χ1) is 12.7. The molecular formula is C20H17FN4O. The van der Waals surface area contributed by atoms with E-state index in [1.54, 1.807) is 12.1 Å². The molecule has 0 aliphatic heterocycles. The van der Waals surface area contributed by atoms with Crippen LogP contribution in [0.3, 0.4) is 0 Å². The number of fused-ring (bicyclic) bond motifs is 1. The number of benzene rings is 2. The van der Waals surface area contributed by atoms with Crippen molar-refractivity contribution in [2.24, 2.45) is 0 Å². The van der Waals surface area contributed by atoms with Crippen molar-refractivity contribution in [1.82, 2.24) is 20.5 Å². The van der Waals surface area contributed by atoms with E-state index in [2.05, 4.69) is 26.6 Å². The first kappa shape index (κ1) is 16.1. The topological polar surface area (TPSA) is 73.6 Å². The molecule has 0 radical (unpaired) electrons. The van der Waals surface area contributed by atoms with Crippen molar-refractivity contribution in [3.8, 4) is 11.3 Å². The van der Waals surface area contributed by atoms with Crippen LogP contribution in [0.25, 0.3) is 22.2 Å². The maximum atomic E-state index is 13.1. The van der Waals surface area contributed by atoms with Crippen molar-refractivity contribution >= 4 is 16.8 Å². The number of carbonyl (C=O) groups is 1. The molecule has 1 amide bonds. The van der Waals surface area contributed by atoms with E-state index in [4.69, 9.17) is 0 Å². The van der Waals surface area contributed by atoms with Gasteiger partial charge in [0, 0.05) is 29.2 Å². The quantitative estimate of drug-likeness (QED) is 0.515. The van der Waals surface area contributed by atoms with E-state index in [1.807, 2.05) is 24.4 Å². The van der Waals surface area contributed by atoms with Gasteiger partial charge >= 0.3 is 0 Å². The fraction of sp³-hybridized carbons (Fsp3) is 0.100. The molecule has 2 aromatic carbocycles. The van der Waals surface area contributed by atoms with Gasteiger partial charge in [0.2, 0.25) is 0 Å². The van der Waals surface area contributed by atoms with Gasteiger partial charge in [0.1, 0.15) is 5.82 Å². The fourth-order valence-electron chi connectivity index (χ4n) is 3.04. The third kappa shape index (κ3) is 3.09. The minimum Gasteiger partial charge on any atom is -0.361 e. The zero-order valence-corrected chi connectivity index (χ0v) is 13.9. The molecule has 0 atom stereocenters. The zero-order chi connectivity index (χ0) is 17.9. The standard InChI is InChI=1S/C20H17FN4O/c21-15-7-5-13(6-8-15)19-17(12-24-25-19)20(26)22-10-9-14-11-23-18-4-2-1-3-16(14)18/h1-8,11-12,23H,9-10H2,(H,22,26)(H,24,25). The summed E-state index contributed by atoms with van der Waals surface area (Å²) in [5, 5.41) is 10.9. The van der Waals surface area contributed by atoms with E-state index in [-0.39, 0.29) is 11.7 Å². The third-order valence-corrected chi connectivity index (χ3v) is 4.37. The van der Waals surface area contributed by atoms with Gasteiger partial charge in [0.15, 0.2) is 0 Å². The highest BCUT2D eigenvalue weighted by molar-refractivity contribution is 5.99. The molecule has 4 rings (SSSR count). The van der Waals surface area contributed by atoms with Gasteiger partial charge in [-0.3, -0.25) is 9.89 Å². The van der Waals surface area contributed by atoms with Gasteiger partial charge in [-0.25, -0.2) is 4.39 Å². The molecule has 0 aliphatic carbocycles. The van der Waals surface area contributed by atoms with E-state index in [0.29, 0.717) is 23.4 Å². The van der Waals surface area contributed by atoms with Crippen molar-refractivity contribution in [3.63, 3.8) is 0 Å². The molecule has 2 heterocycles. The Balaban J connectivity index is 1.44. The Morgan fingerprint density at radius 2 is 1.92 bits per heavy atom. The third-order valence-electron chi connectivity index (χ3n) is 4.37. The highest BCUT2D eigenvalue weighted by Crippen LogP contribution is 2.21. The van der Waals surface area contributed by atoms with Crippen LogP contribution >= 0.6 is 0 Å². The predicted molar refractivity (Wildman–Crippen MR) is 98.3 cm³/mol. The Bertz CT molecular complexity index is 1050. The summed E-state index contributed by atoms with van der Waals surface area (Å²) in [4.78, 5) is 15.7. The van der Waals surface area contributed by atoms with Gasteiger partial charge in [0.25, 0.3) is 5.91 Å². The Morgan fingerprint density at radius 1 is 1.12 bits per heavy atom. The van der Waals surface area contributed by atoms with Crippen LogP contribution in [-0.2, 0) is 6.42 Å². The smallest absolute Gasteiger partial charge is 0.255 e. The average molecular weight is 348 g/mol. The lowest BCUT2D eigenvalue weighted by atomic mass is 10.1. The Kier molecular flexibility index (Phi) is 4.23. The van der Waals surface area contributed by atoms with Crippen molar-refractivity contribution in [2.75, 3.05) is 6.54 Å². The van der Waals surface area contributed by atoms with Crippen molar-refractivity contribution in [1.29, 1.82) is 0 Å². The second kappa shape index (κ2) is 6.84. The van der Waals surface area contributed by atoms with Gasteiger partial charge in [0.05, 0.1) is 17.5 Å². The van der Waals surface area contributed by atoms with E-state index >= 15 is 0 Å². The number of aromatic nitrogens is 3. The van der Waals surface area contributed by atoms with E-state index in [9.17, 15) is 9.18 Å². The number of nitrogens with one attached hydrogen (secondary N) is 3. The summed E-state index contributed by atoms with van der Waals surface area (Å²) in [6.07, 6.45) is 4.18. The molecule has 0 aliphatic rings. The van der Waals surface area contributed by atoms with Crippen LogP contribution in [-0.4, -0.2) is 27.6 Å². The molecule has 5 nitrogen and oxygen atoms in total. The van der Waals surface area contributed by atoms with E-state index in [1.165, 1.54) is 18.3 Å². The summed E-state index contributed by atoms with van der Waals surface area (Å²) in [5.74, 6) is -0.532. The summed E-state index contributed by atoms with van der Waals surface area (Å²) in [6, 6.07) is 14.0. The second-order valence-electron chi connectivity index (χ2n) is 6.03. The molecule has 130 valence electrons. The molecule has 4 aromatic rings. The minimum absolute atomic E-state index is 0.210. The largest absolute Gasteiger partial charge is 0.361 e. The van der Waals surface area contributed by atoms with Crippen LogP contribution in [0.5, 0.6) is 0 Å². The van der Waals surface area contributed by atoms with Crippen molar-refractivity contribution < 1.29 is 9.18 Å². The fourth-order valence-corrected chi connectivity index (χ4v) is 3.04. The van der Waals surface area contributed by atoms with Crippen LogP contribution in [0.2, 0.25) is 0 Å². The predicted octanol–water partition coefficient (Wildman–Crippen LogP) is 3.67. The van der Waals surface area contributed by atoms with Gasteiger partial charge in [-0.15, -0.1) is 0 Å². The SMILES string of the molecule is O=C(NCCc1c[nH]c2ccccc12)c1cn[nH]c1-c1ccc(F)cc1. The van der Waals surface area contributed by atoms with Crippen molar-refractivity contribution in [3.05, 3.63) is 77.9 Å². The van der Waals surface area contributed by atoms with E-state index in [0.717, 1.165) is 22.9 Å².